The van der Waals surface area contributed by atoms with Crippen molar-refractivity contribution in [3.8, 4) is 0 Å². The van der Waals surface area contributed by atoms with Crippen LogP contribution in [0.2, 0.25) is 0 Å². The molecule has 2 aliphatic rings. The van der Waals surface area contributed by atoms with E-state index in [9.17, 15) is 14.4 Å². The Balaban J connectivity index is 1.76. The highest BCUT2D eigenvalue weighted by molar-refractivity contribution is 6.25. The number of rotatable bonds is 10. The summed E-state index contributed by atoms with van der Waals surface area (Å²) in [6.45, 7) is 4.80. The molecule has 1 atom stereocenters. The number of hydrogen-bond acceptors (Lipinski definition) is 7. The number of pyridine rings is 1. The maximum absolute atomic E-state index is 13.3. The van der Waals surface area contributed by atoms with E-state index in [2.05, 4.69) is 16.4 Å². The number of nitrogens with one attached hydrogen (secondary N) is 1. The number of hydrogen-bond donors (Lipinski definition) is 1. The minimum absolute atomic E-state index is 0.0377. The fourth-order valence-corrected chi connectivity index (χ4v) is 4.14. The van der Waals surface area contributed by atoms with Gasteiger partial charge < -0.3 is 14.8 Å². The molecule has 0 aromatic carbocycles. The second-order valence-corrected chi connectivity index (χ2v) is 8.37. The fraction of sp³-hybridized carbons (Fsp3) is 0.462. The lowest BCUT2D eigenvalue weighted by atomic mass is 9.87. The third-order valence-electron chi connectivity index (χ3n) is 6.07. The Morgan fingerprint density at radius 3 is 2.70 bits per heavy atom. The Morgan fingerprint density at radius 1 is 1.21 bits per heavy atom. The molecule has 1 aromatic heterocycles. The van der Waals surface area contributed by atoms with Gasteiger partial charge in [0.15, 0.2) is 17.3 Å². The average molecular weight is 453 g/mol. The second kappa shape index (κ2) is 11.8. The molecular weight excluding hydrogens is 420 g/mol. The minimum atomic E-state index is -0.588. The molecule has 0 amide bonds. The molecule has 1 aliphatic heterocycles. The molecule has 1 N–H and O–H groups in total. The number of carbonyl (C=O) groups is 3. The summed E-state index contributed by atoms with van der Waals surface area (Å²) in [5.41, 5.74) is 2.55. The van der Waals surface area contributed by atoms with Gasteiger partial charge in [-0.2, -0.15) is 0 Å². The third-order valence-corrected chi connectivity index (χ3v) is 6.07. The summed E-state index contributed by atoms with van der Waals surface area (Å²) in [5, 5.41) is 3.18. The number of unbranched alkanes of at least 4 members (excludes halogenated alkanes) is 2. The van der Waals surface area contributed by atoms with E-state index >= 15 is 0 Å². The van der Waals surface area contributed by atoms with Crippen molar-refractivity contribution in [1.82, 2.24) is 10.3 Å². The Kier molecular flexibility index (Phi) is 8.86. The predicted octanol–water partition coefficient (Wildman–Crippen LogP) is 3.06. The number of Topliss-reactive ketones (excluding diaryl/α,β-unsaturated/α-hetero) is 3. The van der Waals surface area contributed by atoms with Gasteiger partial charge in [0.1, 0.15) is 6.10 Å². The molecule has 3 rings (SSSR count). The number of morpholine rings is 1. The van der Waals surface area contributed by atoms with Crippen LogP contribution in [0.3, 0.4) is 0 Å². The molecule has 1 fully saturated rings. The van der Waals surface area contributed by atoms with E-state index < -0.39 is 6.10 Å². The van der Waals surface area contributed by atoms with Crippen LogP contribution < -0.4 is 5.32 Å². The Morgan fingerprint density at radius 2 is 2.03 bits per heavy atom. The smallest absolute Gasteiger partial charge is 0.228 e. The molecule has 7 heteroatoms. The number of nitrogens with zero attached hydrogens (tertiary/aromatic N) is 1. The van der Waals surface area contributed by atoms with E-state index in [0.29, 0.717) is 42.8 Å². The van der Waals surface area contributed by atoms with E-state index in [1.807, 2.05) is 12.3 Å². The number of ketones is 3. The van der Waals surface area contributed by atoms with Crippen LogP contribution in [0.15, 0.2) is 58.7 Å². The first kappa shape index (κ1) is 24.7. The zero-order valence-corrected chi connectivity index (χ0v) is 19.6. The highest BCUT2D eigenvalue weighted by atomic mass is 16.5. The largest absolute Gasteiger partial charge is 0.492 e. The van der Waals surface area contributed by atoms with Crippen molar-refractivity contribution < 1.29 is 23.9 Å². The van der Waals surface area contributed by atoms with Gasteiger partial charge in [-0.15, -0.1) is 0 Å². The van der Waals surface area contributed by atoms with Gasteiger partial charge in [0.25, 0.3) is 0 Å². The molecular formula is C26H32N2O5. The third kappa shape index (κ3) is 6.12. The van der Waals surface area contributed by atoms with Gasteiger partial charge in [-0.05, 0) is 62.8 Å². The molecule has 0 bridgehead atoms. The summed E-state index contributed by atoms with van der Waals surface area (Å²) in [6, 6.07) is 3.98. The predicted molar refractivity (Wildman–Crippen MR) is 125 cm³/mol. The number of ether oxygens (including phenoxy) is 2. The normalized spacial score (nSPS) is 19.8. The summed E-state index contributed by atoms with van der Waals surface area (Å²) >= 11 is 0. The topological polar surface area (TPSA) is 94.6 Å². The van der Waals surface area contributed by atoms with Crippen molar-refractivity contribution in [2.75, 3.05) is 26.8 Å². The van der Waals surface area contributed by atoms with Crippen LogP contribution in [-0.2, 0) is 30.3 Å². The number of methoxy groups -OCH3 is 1. The van der Waals surface area contributed by atoms with Crippen molar-refractivity contribution in [2.45, 2.75) is 52.1 Å². The van der Waals surface area contributed by atoms with Gasteiger partial charge in [-0.3, -0.25) is 19.4 Å². The van der Waals surface area contributed by atoms with Gasteiger partial charge >= 0.3 is 0 Å². The molecule has 1 aromatic rings. The van der Waals surface area contributed by atoms with Gasteiger partial charge in [-0.25, -0.2) is 0 Å². The second-order valence-electron chi connectivity index (χ2n) is 8.37. The van der Waals surface area contributed by atoms with Crippen LogP contribution in [0.25, 0.3) is 0 Å². The first-order chi connectivity index (χ1) is 15.9. The van der Waals surface area contributed by atoms with Crippen LogP contribution in [-0.4, -0.2) is 55.2 Å². The molecule has 0 spiro atoms. The van der Waals surface area contributed by atoms with Crippen LogP contribution in [0.5, 0.6) is 0 Å². The number of carbonyl (C=O) groups excluding carboxylic acids is 3. The van der Waals surface area contributed by atoms with Crippen molar-refractivity contribution in [3.05, 3.63) is 64.2 Å². The van der Waals surface area contributed by atoms with Gasteiger partial charge in [-0.1, -0.05) is 12.5 Å². The highest BCUT2D eigenvalue weighted by Crippen LogP contribution is 2.28. The van der Waals surface area contributed by atoms with Gasteiger partial charge in [0.2, 0.25) is 5.78 Å². The Bertz CT molecular complexity index is 985. The van der Waals surface area contributed by atoms with E-state index in [1.165, 1.54) is 12.7 Å². The molecule has 7 nitrogen and oxygen atoms in total. The van der Waals surface area contributed by atoms with Crippen molar-refractivity contribution in [3.63, 3.8) is 0 Å². The molecule has 33 heavy (non-hydrogen) atoms. The monoisotopic (exact) mass is 452 g/mol. The number of aryl methyl sites for hydroxylation is 1. The van der Waals surface area contributed by atoms with Crippen LogP contribution in [0, 0.1) is 0 Å². The molecule has 176 valence electrons. The number of allylic oxidation sites excluding steroid dienone is 4. The van der Waals surface area contributed by atoms with Crippen molar-refractivity contribution in [1.29, 1.82) is 0 Å². The van der Waals surface area contributed by atoms with Crippen LogP contribution in [0.1, 0.15) is 45.1 Å². The molecule has 1 saturated heterocycles. The van der Waals surface area contributed by atoms with E-state index in [4.69, 9.17) is 9.47 Å². The molecule has 0 radical (unpaired) electrons. The van der Waals surface area contributed by atoms with Crippen LogP contribution >= 0.6 is 0 Å². The van der Waals surface area contributed by atoms with E-state index in [0.717, 1.165) is 25.7 Å². The Labute approximate surface area is 194 Å². The first-order valence-electron chi connectivity index (χ1n) is 11.4. The maximum Gasteiger partial charge on any atom is 0.228 e. The SMILES string of the molecule is COC1=C(C)C(=O)C(C)=C(C=C(CCCCCc2cccnc2)C(=O)C2CNCCO2)C1=O. The zero-order valence-electron chi connectivity index (χ0n) is 19.6. The summed E-state index contributed by atoms with van der Waals surface area (Å²) < 4.78 is 10.9. The van der Waals surface area contributed by atoms with Crippen molar-refractivity contribution >= 4 is 17.3 Å². The first-order valence-corrected chi connectivity index (χ1v) is 11.4. The lowest BCUT2D eigenvalue weighted by Crippen LogP contribution is -2.43. The van der Waals surface area contributed by atoms with Crippen molar-refractivity contribution in [2.24, 2.45) is 0 Å². The lowest BCUT2D eigenvalue weighted by molar-refractivity contribution is -0.128. The van der Waals surface area contributed by atoms with E-state index in [1.54, 1.807) is 26.1 Å². The zero-order chi connectivity index (χ0) is 23.8. The summed E-state index contributed by atoms with van der Waals surface area (Å²) in [4.78, 5) is 43.0. The molecule has 2 heterocycles. The number of aromatic nitrogens is 1. The maximum atomic E-state index is 13.3. The molecule has 1 unspecified atom stereocenters. The molecule has 1 aliphatic carbocycles. The fourth-order valence-electron chi connectivity index (χ4n) is 4.14. The standard InChI is InChI=1S/C26H32N2O5/c1-17-21(25(31)26(32-3)18(2)23(17)29)14-20(24(30)22-16-28-12-13-33-22)10-6-4-5-8-19-9-7-11-27-15-19/h7,9,11,14-15,22,28H,4-6,8,10,12-13,16H2,1-3H3. The van der Waals surface area contributed by atoms with E-state index in [-0.39, 0.29) is 28.7 Å². The van der Waals surface area contributed by atoms with Crippen LogP contribution in [0.4, 0.5) is 0 Å². The summed E-state index contributed by atoms with van der Waals surface area (Å²) in [5.74, 6) is -0.704. The van der Waals surface area contributed by atoms with Gasteiger partial charge in [0, 0.05) is 42.2 Å². The lowest BCUT2D eigenvalue weighted by Gasteiger charge is -2.24. The average Bonchev–Trinajstić information content (AvgIpc) is 2.85. The summed E-state index contributed by atoms with van der Waals surface area (Å²) in [6.07, 6.45) is 8.75. The summed E-state index contributed by atoms with van der Waals surface area (Å²) in [7, 11) is 1.38. The highest BCUT2D eigenvalue weighted by Gasteiger charge is 2.32. The van der Waals surface area contributed by atoms with Gasteiger partial charge in [0.05, 0.1) is 13.7 Å². The Hall–Kier alpha value is -2.90. The quantitative estimate of drug-likeness (QED) is 0.331. The molecule has 0 saturated carbocycles. The minimum Gasteiger partial charge on any atom is -0.492 e.